The summed E-state index contributed by atoms with van der Waals surface area (Å²) in [7, 11) is 0. The number of hydrogen-bond donors (Lipinski definition) is 1. The third kappa shape index (κ3) is 4.88. The van der Waals surface area contributed by atoms with Gasteiger partial charge in [0.1, 0.15) is 17.3 Å². The molecule has 0 fully saturated rings. The minimum atomic E-state index is -0.158. The molecular weight excluding hydrogens is 290 g/mol. The number of carbonyl (C=O) groups is 1. The fraction of sp³-hybridized carbons (Fsp3) is 0.421. The van der Waals surface area contributed by atoms with Crippen LogP contribution in [0.4, 0.5) is 5.69 Å². The molecule has 23 heavy (non-hydrogen) atoms. The van der Waals surface area contributed by atoms with E-state index in [0.29, 0.717) is 23.8 Å². The van der Waals surface area contributed by atoms with Crippen molar-refractivity contribution in [3.8, 4) is 5.75 Å². The van der Waals surface area contributed by atoms with E-state index in [2.05, 4.69) is 26.1 Å². The predicted octanol–water partition coefficient (Wildman–Crippen LogP) is 4.83. The van der Waals surface area contributed by atoms with Gasteiger partial charge in [0, 0.05) is 18.2 Å². The van der Waals surface area contributed by atoms with Crippen LogP contribution in [0.25, 0.3) is 0 Å². The first-order valence-electron chi connectivity index (χ1n) is 8.13. The Morgan fingerprint density at radius 3 is 2.78 bits per heavy atom. The highest BCUT2D eigenvalue weighted by Crippen LogP contribution is 2.21. The molecule has 0 saturated carbocycles. The highest BCUT2D eigenvalue weighted by Gasteiger charge is 2.16. The smallest absolute Gasteiger partial charge is 0.259 e. The Labute approximate surface area is 137 Å². The minimum absolute atomic E-state index is 0.158. The number of ether oxygens (including phenoxy) is 1. The van der Waals surface area contributed by atoms with Crippen LogP contribution in [0, 0.1) is 12.8 Å². The first kappa shape index (κ1) is 17.1. The van der Waals surface area contributed by atoms with Gasteiger partial charge in [0.25, 0.3) is 5.91 Å². The van der Waals surface area contributed by atoms with Gasteiger partial charge in [-0.1, -0.05) is 26.8 Å². The Hall–Kier alpha value is -2.23. The molecule has 1 heterocycles. The van der Waals surface area contributed by atoms with Gasteiger partial charge >= 0.3 is 0 Å². The average Bonchev–Trinajstić information content (AvgIpc) is 2.85. The zero-order chi connectivity index (χ0) is 16.8. The van der Waals surface area contributed by atoms with Crippen molar-refractivity contribution in [2.45, 2.75) is 40.5 Å². The number of nitrogens with one attached hydrogen (secondary N) is 1. The first-order chi connectivity index (χ1) is 11.0. The van der Waals surface area contributed by atoms with E-state index >= 15 is 0 Å². The number of aryl methyl sites for hydroxylation is 1. The van der Waals surface area contributed by atoms with Gasteiger partial charge in [-0.2, -0.15) is 0 Å². The maximum absolute atomic E-state index is 12.4. The quantitative estimate of drug-likeness (QED) is 0.796. The monoisotopic (exact) mass is 315 g/mol. The van der Waals surface area contributed by atoms with E-state index in [4.69, 9.17) is 9.15 Å². The number of furan rings is 1. The number of carbonyl (C=O) groups excluding carboxylic acids is 1. The molecule has 2 rings (SSSR count). The maximum Gasteiger partial charge on any atom is 0.259 e. The molecule has 0 spiro atoms. The second-order valence-corrected chi connectivity index (χ2v) is 6.11. The summed E-state index contributed by atoms with van der Waals surface area (Å²) in [6, 6.07) is 9.27. The summed E-state index contributed by atoms with van der Waals surface area (Å²) in [5.74, 6) is 2.59. The molecular formula is C19H25NO3. The lowest BCUT2D eigenvalue weighted by Gasteiger charge is -2.08. The van der Waals surface area contributed by atoms with E-state index < -0.39 is 0 Å². The summed E-state index contributed by atoms with van der Waals surface area (Å²) in [6.07, 6.45) is 1.78. The molecule has 0 saturated heterocycles. The molecule has 1 N–H and O–H groups in total. The number of anilines is 1. The normalized spacial score (nSPS) is 10.8. The van der Waals surface area contributed by atoms with Crippen LogP contribution >= 0.6 is 0 Å². The van der Waals surface area contributed by atoms with Crippen LogP contribution in [-0.2, 0) is 6.42 Å². The van der Waals surface area contributed by atoms with Gasteiger partial charge in [0.15, 0.2) is 0 Å². The van der Waals surface area contributed by atoms with Crippen molar-refractivity contribution in [2.24, 2.45) is 5.92 Å². The third-order valence-electron chi connectivity index (χ3n) is 3.39. The van der Waals surface area contributed by atoms with E-state index in [1.165, 1.54) is 0 Å². The van der Waals surface area contributed by atoms with E-state index in [1.807, 2.05) is 37.3 Å². The Morgan fingerprint density at radius 2 is 2.09 bits per heavy atom. The summed E-state index contributed by atoms with van der Waals surface area (Å²) >= 11 is 0. The van der Waals surface area contributed by atoms with Gasteiger partial charge in [-0.3, -0.25) is 4.79 Å². The van der Waals surface area contributed by atoms with Crippen LogP contribution in [-0.4, -0.2) is 12.5 Å². The van der Waals surface area contributed by atoms with Crippen molar-refractivity contribution in [3.05, 3.63) is 47.4 Å². The Bertz CT molecular complexity index is 658. The predicted molar refractivity (Wildman–Crippen MR) is 92.2 cm³/mol. The van der Waals surface area contributed by atoms with Crippen molar-refractivity contribution in [1.29, 1.82) is 0 Å². The van der Waals surface area contributed by atoms with E-state index in [1.54, 1.807) is 0 Å². The SMILES string of the molecule is CCCOc1cccc(NC(=O)c2cc(CC(C)C)oc2C)c1. The van der Waals surface area contributed by atoms with Crippen LogP contribution in [0.3, 0.4) is 0 Å². The van der Waals surface area contributed by atoms with Crippen LogP contribution in [0.5, 0.6) is 5.75 Å². The highest BCUT2D eigenvalue weighted by molar-refractivity contribution is 6.05. The Morgan fingerprint density at radius 1 is 1.30 bits per heavy atom. The lowest BCUT2D eigenvalue weighted by molar-refractivity contribution is 0.102. The number of hydrogen-bond acceptors (Lipinski definition) is 3. The molecule has 0 atom stereocenters. The molecule has 0 aliphatic heterocycles. The summed E-state index contributed by atoms with van der Waals surface area (Å²) in [6.45, 7) is 8.79. The molecule has 4 nitrogen and oxygen atoms in total. The molecule has 1 aromatic carbocycles. The van der Waals surface area contributed by atoms with Gasteiger partial charge in [-0.25, -0.2) is 0 Å². The van der Waals surface area contributed by atoms with Gasteiger partial charge in [0.05, 0.1) is 12.2 Å². The van der Waals surface area contributed by atoms with E-state index in [0.717, 1.165) is 30.0 Å². The average molecular weight is 315 g/mol. The Balaban J connectivity index is 2.08. The third-order valence-corrected chi connectivity index (χ3v) is 3.39. The van der Waals surface area contributed by atoms with E-state index in [9.17, 15) is 4.79 Å². The van der Waals surface area contributed by atoms with Crippen molar-refractivity contribution >= 4 is 11.6 Å². The molecule has 0 aliphatic carbocycles. The van der Waals surface area contributed by atoms with Gasteiger partial charge < -0.3 is 14.5 Å². The fourth-order valence-corrected chi connectivity index (χ4v) is 2.35. The molecule has 1 amide bonds. The van der Waals surface area contributed by atoms with Crippen molar-refractivity contribution < 1.29 is 13.9 Å². The van der Waals surface area contributed by atoms with Gasteiger partial charge in [0.2, 0.25) is 0 Å². The largest absolute Gasteiger partial charge is 0.494 e. The second-order valence-electron chi connectivity index (χ2n) is 6.11. The zero-order valence-corrected chi connectivity index (χ0v) is 14.3. The van der Waals surface area contributed by atoms with Crippen molar-refractivity contribution in [2.75, 3.05) is 11.9 Å². The molecule has 0 aliphatic rings. The lowest BCUT2D eigenvalue weighted by atomic mass is 10.1. The van der Waals surface area contributed by atoms with Crippen LogP contribution < -0.4 is 10.1 Å². The van der Waals surface area contributed by atoms with Crippen molar-refractivity contribution in [1.82, 2.24) is 0 Å². The summed E-state index contributed by atoms with van der Waals surface area (Å²) < 4.78 is 11.3. The summed E-state index contributed by atoms with van der Waals surface area (Å²) in [5.41, 5.74) is 1.30. The summed E-state index contributed by atoms with van der Waals surface area (Å²) in [4.78, 5) is 12.4. The number of amides is 1. The van der Waals surface area contributed by atoms with Crippen LogP contribution in [0.2, 0.25) is 0 Å². The maximum atomic E-state index is 12.4. The van der Waals surface area contributed by atoms with Gasteiger partial charge in [-0.05, 0) is 37.5 Å². The number of benzene rings is 1. The molecule has 0 radical (unpaired) electrons. The summed E-state index contributed by atoms with van der Waals surface area (Å²) in [5, 5.41) is 2.90. The highest BCUT2D eigenvalue weighted by atomic mass is 16.5. The first-order valence-corrected chi connectivity index (χ1v) is 8.13. The molecule has 0 unspecified atom stereocenters. The zero-order valence-electron chi connectivity index (χ0n) is 14.3. The molecule has 1 aromatic heterocycles. The molecule has 2 aromatic rings. The van der Waals surface area contributed by atoms with Gasteiger partial charge in [-0.15, -0.1) is 0 Å². The lowest BCUT2D eigenvalue weighted by Crippen LogP contribution is -2.12. The standard InChI is InChI=1S/C19H25NO3/c1-5-9-22-16-8-6-7-15(11-16)20-19(21)18-12-17(10-13(2)3)23-14(18)4/h6-8,11-13H,5,9-10H2,1-4H3,(H,20,21). The molecule has 124 valence electrons. The minimum Gasteiger partial charge on any atom is -0.494 e. The Kier molecular flexibility index (Phi) is 5.85. The van der Waals surface area contributed by atoms with Crippen LogP contribution in [0.15, 0.2) is 34.7 Å². The molecule has 0 bridgehead atoms. The topological polar surface area (TPSA) is 51.5 Å². The fourth-order valence-electron chi connectivity index (χ4n) is 2.35. The van der Waals surface area contributed by atoms with Crippen molar-refractivity contribution in [3.63, 3.8) is 0 Å². The second kappa shape index (κ2) is 7.86. The van der Waals surface area contributed by atoms with E-state index in [-0.39, 0.29) is 5.91 Å². The molecule has 4 heteroatoms. The van der Waals surface area contributed by atoms with Crippen LogP contribution in [0.1, 0.15) is 49.1 Å². The number of rotatable bonds is 7.